The van der Waals surface area contributed by atoms with Gasteiger partial charge in [0.1, 0.15) is 0 Å². The van der Waals surface area contributed by atoms with Crippen LogP contribution in [0.25, 0.3) is 0 Å². The predicted octanol–water partition coefficient (Wildman–Crippen LogP) is 2.17. The Morgan fingerprint density at radius 3 is 2.81 bits per heavy atom. The number of aromatic nitrogens is 2. The molecule has 1 saturated carbocycles. The van der Waals surface area contributed by atoms with Crippen molar-refractivity contribution in [3.63, 3.8) is 0 Å². The number of aromatic amines is 1. The van der Waals surface area contributed by atoms with Gasteiger partial charge in [-0.15, -0.1) is 0 Å². The number of carbonyl (C=O) groups excluding carboxylic acids is 1. The van der Waals surface area contributed by atoms with Gasteiger partial charge in [0.05, 0.1) is 12.2 Å². The Hall–Kier alpha value is -1.32. The normalized spacial score (nSPS) is 20.6. The highest BCUT2D eigenvalue weighted by molar-refractivity contribution is 5.82. The lowest BCUT2D eigenvalue weighted by Gasteiger charge is -2.24. The molecular weight excluding hydrogens is 202 g/mol. The van der Waals surface area contributed by atoms with Crippen LogP contribution in [0, 0.1) is 5.41 Å². The molecule has 1 aliphatic carbocycles. The number of rotatable bonds is 3. The maximum Gasteiger partial charge on any atom is 0.226 e. The molecule has 0 spiro atoms. The molecule has 1 aromatic heterocycles. The van der Waals surface area contributed by atoms with E-state index in [1.807, 2.05) is 13.1 Å². The van der Waals surface area contributed by atoms with Crippen molar-refractivity contribution in [3.8, 4) is 0 Å². The molecule has 0 radical (unpaired) electrons. The summed E-state index contributed by atoms with van der Waals surface area (Å²) < 4.78 is 0. The second-order valence-corrected chi connectivity index (χ2v) is 4.99. The van der Waals surface area contributed by atoms with E-state index in [1.54, 1.807) is 6.20 Å². The second kappa shape index (κ2) is 4.28. The summed E-state index contributed by atoms with van der Waals surface area (Å²) in [6.45, 7) is 4.05. The van der Waals surface area contributed by atoms with Crippen LogP contribution in [0.15, 0.2) is 12.4 Å². The largest absolute Gasteiger partial charge is 0.349 e. The second-order valence-electron chi connectivity index (χ2n) is 4.99. The molecule has 1 unspecified atom stereocenters. The van der Waals surface area contributed by atoms with E-state index < -0.39 is 0 Å². The first-order valence-electron chi connectivity index (χ1n) is 5.91. The van der Waals surface area contributed by atoms with Gasteiger partial charge in [-0.3, -0.25) is 9.89 Å². The van der Waals surface area contributed by atoms with Gasteiger partial charge >= 0.3 is 0 Å². The minimum absolute atomic E-state index is 0.0312. The Bertz CT molecular complexity index is 352. The molecule has 1 atom stereocenters. The van der Waals surface area contributed by atoms with Crippen molar-refractivity contribution in [1.82, 2.24) is 15.5 Å². The number of amides is 1. The van der Waals surface area contributed by atoms with E-state index in [9.17, 15) is 4.79 Å². The molecule has 1 aromatic rings. The fourth-order valence-corrected chi connectivity index (χ4v) is 2.33. The van der Waals surface area contributed by atoms with Gasteiger partial charge < -0.3 is 5.32 Å². The molecule has 1 fully saturated rings. The Morgan fingerprint density at radius 2 is 2.25 bits per heavy atom. The van der Waals surface area contributed by atoms with E-state index in [4.69, 9.17) is 0 Å². The van der Waals surface area contributed by atoms with E-state index in [1.165, 1.54) is 12.8 Å². The Balaban J connectivity index is 1.97. The molecule has 0 saturated heterocycles. The molecular formula is C12H19N3O. The number of hydrogen-bond acceptors (Lipinski definition) is 2. The molecule has 0 bridgehead atoms. The zero-order valence-electron chi connectivity index (χ0n) is 9.92. The van der Waals surface area contributed by atoms with Gasteiger partial charge in [-0.25, -0.2) is 0 Å². The first-order valence-corrected chi connectivity index (χ1v) is 5.91. The number of hydrogen-bond donors (Lipinski definition) is 2. The highest BCUT2D eigenvalue weighted by atomic mass is 16.2. The number of nitrogens with one attached hydrogen (secondary N) is 2. The van der Waals surface area contributed by atoms with E-state index in [2.05, 4.69) is 22.4 Å². The average Bonchev–Trinajstić information content (AvgIpc) is 2.88. The highest BCUT2D eigenvalue weighted by Crippen LogP contribution is 2.38. The lowest BCUT2D eigenvalue weighted by molar-refractivity contribution is -0.130. The van der Waals surface area contributed by atoms with Crippen LogP contribution >= 0.6 is 0 Å². The average molecular weight is 221 g/mol. The minimum atomic E-state index is -0.155. The smallest absolute Gasteiger partial charge is 0.226 e. The van der Waals surface area contributed by atoms with Crippen LogP contribution in [0.5, 0.6) is 0 Å². The predicted molar refractivity (Wildman–Crippen MR) is 61.7 cm³/mol. The summed E-state index contributed by atoms with van der Waals surface area (Å²) in [5.41, 5.74) is 0.868. The van der Waals surface area contributed by atoms with Crippen LogP contribution in [-0.4, -0.2) is 16.1 Å². The van der Waals surface area contributed by atoms with Crippen LogP contribution in [0.4, 0.5) is 0 Å². The van der Waals surface area contributed by atoms with E-state index in [-0.39, 0.29) is 17.4 Å². The molecule has 1 aliphatic rings. The zero-order valence-corrected chi connectivity index (χ0v) is 9.92. The Kier molecular flexibility index (Phi) is 2.99. The maximum absolute atomic E-state index is 12.1. The van der Waals surface area contributed by atoms with E-state index in [0.717, 1.165) is 18.4 Å². The zero-order chi connectivity index (χ0) is 11.6. The summed E-state index contributed by atoms with van der Waals surface area (Å²) in [7, 11) is 0. The molecule has 0 aliphatic heterocycles. The third-order valence-electron chi connectivity index (χ3n) is 3.62. The summed E-state index contributed by atoms with van der Waals surface area (Å²) >= 11 is 0. The molecule has 2 rings (SSSR count). The van der Waals surface area contributed by atoms with Crippen molar-refractivity contribution in [2.24, 2.45) is 5.41 Å². The number of carbonyl (C=O) groups is 1. The summed E-state index contributed by atoms with van der Waals surface area (Å²) in [5, 5.41) is 9.72. The van der Waals surface area contributed by atoms with E-state index in [0.29, 0.717) is 0 Å². The molecule has 2 N–H and O–H groups in total. The fraction of sp³-hybridized carbons (Fsp3) is 0.667. The van der Waals surface area contributed by atoms with Gasteiger partial charge in [-0.05, 0) is 19.8 Å². The van der Waals surface area contributed by atoms with Gasteiger partial charge in [0.2, 0.25) is 5.91 Å². The Labute approximate surface area is 95.8 Å². The van der Waals surface area contributed by atoms with Crippen molar-refractivity contribution in [3.05, 3.63) is 18.0 Å². The monoisotopic (exact) mass is 221 g/mol. The molecule has 0 aromatic carbocycles. The van der Waals surface area contributed by atoms with Crippen LogP contribution in [0.1, 0.15) is 51.1 Å². The third kappa shape index (κ3) is 2.10. The lowest BCUT2D eigenvalue weighted by atomic mass is 9.87. The summed E-state index contributed by atoms with van der Waals surface area (Å²) in [6.07, 6.45) is 7.94. The third-order valence-corrected chi connectivity index (χ3v) is 3.62. The van der Waals surface area contributed by atoms with Crippen LogP contribution in [0.3, 0.4) is 0 Å². The van der Waals surface area contributed by atoms with E-state index >= 15 is 0 Å². The molecule has 88 valence electrons. The van der Waals surface area contributed by atoms with Crippen molar-refractivity contribution < 1.29 is 4.79 Å². The number of H-pyrrole nitrogens is 1. The van der Waals surface area contributed by atoms with Gasteiger partial charge in [0.15, 0.2) is 0 Å². The summed E-state index contributed by atoms with van der Waals surface area (Å²) in [4.78, 5) is 12.1. The summed E-state index contributed by atoms with van der Waals surface area (Å²) in [6, 6.07) is 0.0312. The van der Waals surface area contributed by atoms with Crippen molar-refractivity contribution in [2.75, 3.05) is 0 Å². The van der Waals surface area contributed by atoms with Crippen molar-refractivity contribution >= 4 is 5.91 Å². The molecule has 4 nitrogen and oxygen atoms in total. The lowest BCUT2D eigenvalue weighted by Crippen LogP contribution is -2.38. The standard InChI is InChI=1S/C12H19N3O/c1-9(10-7-13-14-8-10)15-11(16)12(2)5-3-4-6-12/h7-9H,3-6H2,1-2H3,(H,13,14)(H,15,16). The first kappa shape index (κ1) is 11.2. The van der Waals surface area contributed by atoms with Gasteiger partial charge in [0, 0.05) is 17.2 Å². The van der Waals surface area contributed by atoms with Crippen LogP contribution in [-0.2, 0) is 4.79 Å². The van der Waals surface area contributed by atoms with Gasteiger partial charge in [-0.2, -0.15) is 5.10 Å². The maximum atomic E-state index is 12.1. The Morgan fingerprint density at radius 1 is 1.56 bits per heavy atom. The van der Waals surface area contributed by atoms with Gasteiger partial charge in [-0.1, -0.05) is 19.8 Å². The molecule has 1 amide bonds. The first-order chi connectivity index (χ1) is 7.62. The van der Waals surface area contributed by atoms with Crippen LogP contribution < -0.4 is 5.32 Å². The highest BCUT2D eigenvalue weighted by Gasteiger charge is 2.36. The molecule has 16 heavy (non-hydrogen) atoms. The molecule has 4 heteroatoms. The summed E-state index contributed by atoms with van der Waals surface area (Å²) in [5.74, 6) is 0.179. The van der Waals surface area contributed by atoms with Crippen LogP contribution in [0.2, 0.25) is 0 Å². The topological polar surface area (TPSA) is 57.8 Å². The van der Waals surface area contributed by atoms with Crippen molar-refractivity contribution in [1.29, 1.82) is 0 Å². The molecule has 1 heterocycles. The SMILES string of the molecule is CC(NC(=O)C1(C)CCCC1)c1cn[nH]c1. The minimum Gasteiger partial charge on any atom is -0.349 e. The van der Waals surface area contributed by atoms with Crippen molar-refractivity contribution in [2.45, 2.75) is 45.6 Å². The number of nitrogens with zero attached hydrogens (tertiary/aromatic N) is 1. The quantitative estimate of drug-likeness (QED) is 0.821. The van der Waals surface area contributed by atoms with Gasteiger partial charge in [0.25, 0.3) is 0 Å². The fourth-order valence-electron chi connectivity index (χ4n) is 2.33.